The summed E-state index contributed by atoms with van der Waals surface area (Å²) >= 11 is 0. The van der Waals surface area contributed by atoms with Gasteiger partial charge in [-0.1, -0.05) is 103 Å². The predicted octanol–water partition coefficient (Wildman–Crippen LogP) is 9.93. The fraction of sp³-hybridized carbons (Fsp3) is 0.293. The van der Waals surface area contributed by atoms with Crippen LogP contribution in [0.1, 0.15) is 88.5 Å². The maximum Gasteiger partial charge on any atom is 0.281 e. The number of fused-ring (bicyclic) bond motifs is 3. The molecule has 1 unspecified atom stereocenters. The van der Waals surface area contributed by atoms with Gasteiger partial charge in [0.2, 0.25) is 5.82 Å². The van der Waals surface area contributed by atoms with Crippen molar-refractivity contribution < 1.29 is 0 Å². The zero-order chi connectivity index (χ0) is 33.1. The molecule has 0 bridgehead atoms. The van der Waals surface area contributed by atoms with Crippen LogP contribution in [0.2, 0.25) is 0 Å². The first-order chi connectivity index (χ1) is 22.5. The van der Waals surface area contributed by atoms with Crippen molar-refractivity contribution in [3.05, 3.63) is 131 Å². The molecule has 6 nitrogen and oxygen atoms in total. The minimum Gasteiger partial charge on any atom is -0.339 e. The SMILES string of the molecule is CC(C)c1cccc(C(C)C)c1[N+]1(C)C=C(Cc2cc(C(C)(C)C)cc(-n3c4ccccc4c4ccccc43)n2)N=C1c1ncc[nH]1. The summed E-state index contributed by atoms with van der Waals surface area (Å²) in [6.45, 7) is 15.9. The van der Waals surface area contributed by atoms with Gasteiger partial charge in [0.15, 0.2) is 5.69 Å². The highest BCUT2D eigenvalue weighted by Gasteiger charge is 2.43. The number of allylic oxidation sites excluding steroid dienone is 1. The van der Waals surface area contributed by atoms with Crippen molar-refractivity contribution in [2.75, 3.05) is 7.05 Å². The molecule has 1 aliphatic heterocycles. The van der Waals surface area contributed by atoms with Gasteiger partial charge in [-0.15, -0.1) is 0 Å². The molecule has 7 rings (SSSR count). The number of H-pyrrole nitrogens is 1. The summed E-state index contributed by atoms with van der Waals surface area (Å²) in [6.07, 6.45) is 6.61. The van der Waals surface area contributed by atoms with E-state index in [4.69, 9.17) is 15.0 Å². The quantitative estimate of drug-likeness (QED) is 0.180. The smallest absolute Gasteiger partial charge is 0.281 e. The second-order valence-electron chi connectivity index (χ2n) is 14.7. The molecule has 0 aliphatic carbocycles. The van der Waals surface area contributed by atoms with E-state index in [1.165, 1.54) is 33.2 Å². The van der Waals surface area contributed by atoms with Crippen molar-refractivity contribution in [1.29, 1.82) is 0 Å². The number of nitrogens with zero attached hydrogens (tertiary/aromatic N) is 5. The molecule has 3 aromatic heterocycles. The summed E-state index contributed by atoms with van der Waals surface area (Å²) in [6, 6.07) is 28.5. The predicted molar refractivity (Wildman–Crippen MR) is 197 cm³/mol. The summed E-state index contributed by atoms with van der Waals surface area (Å²) in [5.74, 6) is 3.33. The van der Waals surface area contributed by atoms with E-state index in [2.05, 4.69) is 150 Å². The maximum atomic E-state index is 5.38. The number of hydrogen-bond acceptors (Lipinski definition) is 3. The van der Waals surface area contributed by atoms with Crippen molar-refractivity contribution in [3.8, 4) is 5.82 Å². The summed E-state index contributed by atoms with van der Waals surface area (Å²) in [5.41, 5.74) is 9.43. The van der Waals surface area contributed by atoms with Crippen molar-refractivity contribution in [1.82, 2.24) is 24.0 Å². The Morgan fingerprint density at radius 2 is 1.43 bits per heavy atom. The number of aliphatic imine (C=N–C) groups is 1. The number of amidine groups is 1. The minimum absolute atomic E-state index is 0.0647. The third-order valence-electron chi connectivity index (χ3n) is 9.52. The third kappa shape index (κ3) is 5.31. The molecular formula is C41H45N6+. The standard InChI is InChI=1S/C41H45N6/c1-26(2)31-16-13-17-32(27(3)4)38(31)47(8)25-30(45-40(47)39-42-20-21-43-39)24-29-22-28(41(5,6)7)23-37(44-29)46-35-18-11-9-14-33(35)34-15-10-12-19-36(34)46/h9-23,25-27H,24H2,1-8H3,(H,42,43)/q+1. The Kier molecular flexibility index (Phi) is 7.52. The Balaban J connectivity index is 1.41. The molecule has 0 radical (unpaired) electrons. The van der Waals surface area contributed by atoms with Crippen molar-refractivity contribution in [2.45, 2.75) is 72.1 Å². The molecule has 6 heteroatoms. The van der Waals surface area contributed by atoms with Crippen LogP contribution in [0.5, 0.6) is 0 Å². The van der Waals surface area contributed by atoms with Crippen LogP contribution in [0.25, 0.3) is 27.6 Å². The Labute approximate surface area is 278 Å². The van der Waals surface area contributed by atoms with Gasteiger partial charge in [0, 0.05) is 46.4 Å². The number of aromatic nitrogens is 4. The number of hydrogen-bond donors (Lipinski definition) is 1. The Morgan fingerprint density at radius 1 is 0.809 bits per heavy atom. The van der Waals surface area contributed by atoms with Crippen LogP contribution in [-0.2, 0) is 11.8 Å². The van der Waals surface area contributed by atoms with Crippen molar-refractivity contribution in [3.63, 3.8) is 0 Å². The molecule has 1 atom stereocenters. The van der Waals surface area contributed by atoms with E-state index in [0.29, 0.717) is 22.7 Å². The van der Waals surface area contributed by atoms with Gasteiger partial charge in [-0.25, -0.2) is 14.5 Å². The topological polar surface area (TPSA) is 58.9 Å². The lowest BCUT2D eigenvalue weighted by Gasteiger charge is -2.32. The van der Waals surface area contributed by atoms with E-state index in [1.807, 2.05) is 12.4 Å². The van der Waals surface area contributed by atoms with Gasteiger partial charge in [0.25, 0.3) is 5.84 Å². The number of aromatic amines is 1. The molecule has 3 aromatic carbocycles. The van der Waals surface area contributed by atoms with E-state index in [0.717, 1.165) is 39.9 Å². The average Bonchev–Trinajstić information content (AvgIpc) is 3.77. The fourth-order valence-electron chi connectivity index (χ4n) is 7.16. The van der Waals surface area contributed by atoms with E-state index in [-0.39, 0.29) is 5.41 Å². The molecule has 1 N–H and O–H groups in total. The minimum atomic E-state index is -0.0647. The van der Waals surface area contributed by atoms with Gasteiger partial charge >= 0.3 is 0 Å². The third-order valence-corrected chi connectivity index (χ3v) is 9.52. The first-order valence-corrected chi connectivity index (χ1v) is 16.8. The summed E-state index contributed by atoms with van der Waals surface area (Å²) in [4.78, 5) is 18.8. The zero-order valence-corrected chi connectivity index (χ0v) is 28.8. The van der Waals surface area contributed by atoms with Gasteiger partial charge in [0.05, 0.1) is 18.1 Å². The number of nitrogens with one attached hydrogen (secondary N) is 1. The summed E-state index contributed by atoms with van der Waals surface area (Å²) in [7, 11) is 2.25. The second kappa shape index (κ2) is 11.5. The normalized spacial score (nSPS) is 16.9. The Morgan fingerprint density at radius 3 is 1.98 bits per heavy atom. The van der Waals surface area contributed by atoms with Crippen LogP contribution in [0, 0.1) is 0 Å². The average molecular weight is 622 g/mol. The van der Waals surface area contributed by atoms with Gasteiger partial charge in [-0.05, 0) is 47.1 Å². The van der Waals surface area contributed by atoms with Crippen LogP contribution in [0.3, 0.4) is 0 Å². The van der Waals surface area contributed by atoms with E-state index >= 15 is 0 Å². The van der Waals surface area contributed by atoms with Crippen molar-refractivity contribution >= 4 is 33.3 Å². The first kappa shape index (κ1) is 30.8. The summed E-state index contributed by atoms with van der Waals surface area (Å²) < 4.78 is 2.77. The maximum absolute atomic E-state index is 5.38. The first-order valence-electron chi connectivity index (χ1n) is 16.8. The van der Waals surface area contributed by atoms with Gasteiger partial charge in [0.1, 0.15) is 17.7 Å². The molecule has 47 heavy (non-hydrogen) atoms. The lowest BCUT2D eigenvalue weighted by Crippen LogP contribution is -2.46. The molecule has 0 amide bonds. The number of rotatable bonds is 7. The number of benzene rings is 3. The van der Waals surface area contributed by atoms with Gasteiger partial charge < -0.3 is 4.98 Å². The van der Waals surface area contributed by atoms with E-state index in [9.17, 15) is 0 Å². The van der Waals surface area contributed by atoms with Gasteiger partial charge in [-0.2, -0.15) is 4.99 Å². The van der Waals surface area contributed by atoms with E-state index in [1.54, 1.807) is 0 Å². The highest BCUT2D eigenvalue weighted by Crippen LogP contribution is 2.43. The molecule has 0 spiro atoms. The number of imidazole rings is 1. The largest absolute Gasteiger partial charge is 0.339 e. The molecule has 1 aliphatic rings. The molecule has 238 valence electrons. The highest BCUT2D eigenvalue weighted by molar-refractivity contribution is 6.09. The lowest BCUT2D eigenvalue weighted by atomic mass is 9.87. The number of pyridine rings is 1. The monoisotopic (exact) mass is 621 g/mol. The second-order valence-corrected chi connectivity index (χ2v) is 14.7. The highest BCUT2D eigenvalue weighted by atomic mass is 15.4. The van der Waals surface area contributed by atoms with Crippen molar-refractivity contribution in [2.24, 2.45) is 4.99 Å². The lowest BCUT2D eigenvalue weighted by molar-refractivity contribution is 0.587. The molecule has 0 saturated heterocycles. The van der Waals surface area contributed by atoms with Crippen LogP contribution in [-0.4, -0.2) is 32.4 Å². The molecule has 0 fully saturated rings. The Bertz CT molecular complexity index is 2090. The number of para-hydroxylation sites is 3. The van der Waals surface area contributed by atoms with E-state index < -0.39 is 0 Å². The molecule has 0 saturated carbocycles. The fourth-order valence-corrected chi connectivity index (χ4v) is 7.16. The molecular weight excluding hydrogens is 576 g/mol. The van der Waals surface area contributed by atoms with Crippen LogP contribution in [0.15, 0.2) is 108 Å². The summed E-state index contributed by atoms with van der Waals surface area (Å²) in [5, 5.41) is 2.47. The van der Waals surface area contributed by atoms with Gasteiger partial charge in [-0.3, -0.25) is 4.57 Å². The van der Waals surface area contributed by atoms with Crippen LogP contribution >= 0.6 is 0 Å². The molecule has 6 aromatic rings. The zero-order valence-electron chi connectivity index (χ0n) is 28.8. The van der Waals surface area contributed by atoms with Crippen LogP contribution in [0.4, 0.5) is 5.69 Å². The molecule has 4 heterocycles. The Hall–Kier alpha value is -4.81. The van der Waals surface area contributed by atoms with Crippen LogP contribution < -0.4 is 4.48 Å². The number of quaternary nitrogens is 1.